The molecule has 0 saturated heterocycles. The summed E-state index contributed by atoms with van der Waals surface area (Å²) in [7, 11) is 3.40. The van der Waals surface area contributed by atoms with E-state index in [-0.39, 0.29) is 22.5 Å². The Morgan fingerprint density at radius 1 is 1.25 bits per heavy atom. The van der Waals surface area contributed by atoms with Gasteiger partial charge in [-0.25, -0.2) is 9.78 Å². The molecule has 0 bridgehead atoms. The molecule has 28 heavy (non-hydrogen) atoms. The van der Waals surface area contributed by atoms with Crippen LogP contribution in [0.2, 0.25) is 0 Å². The Labute approximate surface area is 161 Å². The molecule has 9 heteroatoms. The van der Waals surface area contributed by atoms with E-state index in [2.05, 4.69) is 20.4 Å². The lowest BCUT2D eigenvalue weighted by Crippen LogP contribution is -2.32. The molecule has 0 aromatic carbocycles. The number of pyridine rings is 1. The molecule has 0 atom stereocenters. The largest absolute Gasteiger partial charge is 0.352 e. The number of aromatic amines is 1. The molecule has 3 aromatic heterocycles. The molecule has 0 radical (unpaired) electrons. The Hall–Kier alpha value is -3.23. The van der Waals surface area contributed by atoms with Crippen LogP contribution in [0.3, 0.4) is 0 Å². The topological polar surface area (TPSA) is 115 Å². The fourth-order valence-electron chi connectivity index (χ4n) is 3.33. The minimum absolute atomic E-state index is 0.116. The van der Waals surface area contributed by atoms with E-state index in [0.717, 1.165) is 17.0 Å². The molecular formula is C19H24N6O3. The zero-order valence-corrected chi connectivity index (χ0v) is 16.7. The third-order valence-corrected chi connectivity index (χ3v) is 5.05. The van der Waals surface area contributed by atoms with Gasteiger partial charge >= 0.3 is 5.69 Å². The van der Waals surface area contributed by atoms with Crippen LogP contribution in [0.4, 0.5) is 0 Å². The highest BCUT2D eigenvalue weighted by atomic mass is 16.2. The van der Waals surface area contributed by atoms with Gasteiger partial charge in [0.05, 0.1) is 16.6 Å². The van der Waals surface area contributed by atoms with Crippen molar-refractivity contribution < 1.29 is 4.79 Å². The Morgan fingerprint density at radius 2 is 1.96 bits per heavy atom. The van der Waals surface area contributed by atoms with E-state index in [1.54, 1.807) is 6.07 Å². The van der Waals surface area contributed by atoms with Crippen LogP contribution < -0.4 is 16.6 Å². The fraction of sp³-hybridized carbons (Fsp3) is 0.421. The van der Waals surface area contributed by atoms with Crippen molar-refractivity contribution in [2.24, 2.45) is 14.1 Å². The maximum absolute atomic E-state index is 12.8. The molecule has 3 heterocycles. The molecule has 0 aliphatic rings. The maximum atomic E-state index is 12.8. The Kier molecular flexibility index (Phi) is 5.17. The van der Waals surface area contributed by atoms with Gasteiger partial charge in [0.15, 0.2) is 0 Å². The Bertz CT molecular complexity index is 1190. The molecule has 0 unspecified atom stereocenters. The third-order valence-electron chi connectivity index (χ3n) is 5.05. The van der Waals surface area contributed by atoms with Gasteiger partial charge in [0, 0.05) is 32.0 Å². The molecule has 0 aliphatic heterocycles. The highest BCUT2D eigenvalue weighted by molar-refractivity contribution is 6.05. The Balaban J connectivity index is 1.94. The normalized spacial score (nSPS) is 11.2. The van der Waals surface area contributed by atoms with Crippen LogP contribution in [0, 0.1) is 13.8 Å². The van der Waals surface area contributed by atoms with Crippen molar-refractivity contribution in [3.63, 3.8) is 0 Å². The molecule has 3 rings (SSSR count). The van der Waals surface area contributed by atoms with Gasteiger partial charge in [-0.3, -0.25) is 23.8 Å². The van der Waals surface area contributed by atoms with E-state index in [9.17, 15) is 14.4 Å². The van der Waals surface area contributed by atoms with E-state index in [1.165, 1.54) is 11.6 Å². The molecule has 0 spiro atoms. The number of nitrogens with zero attached hydrogens (tertiary/aromatic N) is 4. The highest BCUT2D eigenvalue weighted by Crippen LogP contribution is 2.15. The van der Waals surface area contributed by atoms with Crippen molar-refractivity contribution in [1.29, 1.82) is 0 Å². The number of aryl methyl sites for hydroxylation is 4. The maximum Gasteiger partial charge on any atom is 0.329 e. The second-order valence-corrected chi connectivity index (χ2v) is 6.81. The van der Waals surface area contributed by atoms with E-state index in [4.69, 9.17) is 0 Å². The van der Waals surface area contributed by atoms with Gasteiger partial charge in [-0.2, -0.15) is 5.10 Å². The number of aromatic nitrogens is 5. The summed E-state index contributed by atoms with van der Waals surface area (Å²) in [5, 5.41) is 7.37. The van der Waals surface area contributed by atoms with E-state index in [0.29, 0.717) is 25.1 Å². The summed E-state index contributed by atoms with van der Waals surface area (Å²) in [5.74, 6) is -0.370. The molecular weight excluding hydrogens is 360 g/mol. The van der Waals surface area contributed by atoms with Crippen LogP contribution in [-0.2, 0) is 26.9 Å². The van der Waals surface area contributed by atoms with E-state index in [1.807, 2.05) is 32.5 Å². The summed E-state index contributed by atoms with van der Waals surface area (Å²) in [6.07, 6.45) is 1.21. The predicted octanol–water partition coefficient (Wildman–Crippen LogP) is 0.507. The van der Waals surface area contributed by atoms with Crippen molar-refractivity contribution in [3.05, 3.63) is 55.1 Å². The molecule has 0 saturated carbocycles. The van der Waals surface area contributed by atoms with Crippen molar-refractivity contribution in [2.75, 3.05) is 6.54 Å². The van der Waals surface area contributed by atoms with Crippen LogP contribution >= 0.6 is 0 Å². The summed E-state index contributed by atoms with van der Waals surface area (Å²) in [4.78, 5) is 43.7. The second-order valence-electron chi connectivity index (χ2n) is 6.81. The summed E-state index contributed by atoms with van der Waals surface area (Å²) < 4.78 is 3.06. The average molecular weight is 384 g/mol. The predicted molar refractivity (Wildman–Crippen MR) is 106 cm³/mol. The summed E-state index contributed by atoms with van der Waals surface area (Å²) >= 11 is 0. The molecule has 1 amide bonds. The van der Waals surface area contributed by atoms with Crippen LogP contribution in [0.1, 0.15) is 39.9 Å². The lowest BCUT2D eigenvalue weighted by Gasteiger charge is -2.11. The zero-order valence-electron chi connectivity index (χ0n) is 16.7. The zero-order chi connectivity index (χ0) is 20.6. The number of amides is 1. The van der Waals surface area contributed by atoms with Crippen molar-refractivity contribution in [3.8, 4) is 0 Å². The number of nitrogens with one attached hydrogen (secondary N) is 2. The number of fused-ring (bicyclic) bond motifs is 1. The SMILES string of the molecule is CCc1cc(C(=O)NCCc2c(C)nn(C)c2C)c2c(=O)[nH]c(=O)n(C)c2n1. The van der Waals surface area contributed by atoms with E-state index < -0.39 is 11.2 Å². The first-order valence-electron chi connectivity index (χ1n) is 9.14. The molecule has 3 aromatic rings. The number of carbonyl (C=O) groups excluding carboxylic acids is 1. The van der Waals surface area contributed by atoms with Crippen LogP contribution in [0.25, 0.3) is 11.0 Å². The summed E-state index contributed by atoms with van der Waals surface area (Å²) in [5.41, 5.74) is 2.97. The van der Waals surface area contributed by atoms with Gasteiger partial charge in [0.2, 0.25) is 0 Å². The molecule has 2 N–H and O–H groups in total. The van der Waals surface area contributed by atoms with Gasteiger partial charge in [-0.1, -0.05) is 6.92 Å². The first kappa shape index (κ1) is 19.5. The number of hydrogen-bond donors (Lipinski definition) is 2. The quantitative estimate of drug-likeness (QED) is 0.665. The lowest BCUT2D eigenvalue weighted by molar-refractivity contribution is 0.0955. The number of rotatable bonds is 5. The number of carbonyl (C=O) groups is 1. The van der Waals surface area contributed by atoms with Gasteiger partial charge in [-0.05, 0) is 38.3 Å². The monoisotopic (exact) mass is 384 g/mol. The lowest BCUT2D eigenvalue weighted by atomic mass is 10.1. The first-order chi connectivity index (χ1) is 13.2. The molecule has 0 fully saturated rings. The van der Waals surface area contributed by atoms with Crippen LogP contribution in [-0.4, -0.2) is 36.8 Å². The summed E-state index contributed by atoms with van der Waals surface area (Å²) in [6, 6.07) is 1.61. The average Bonchev–Trinajstić information content (AvgIpc) is 2.90. The van der Waals surface area contributed by atoms with Gasteiger partial charge in [0.1, 0.15) is 5.65 Å². The Morgan fingerprint density at radius 3 is 2.57 bits per heavy atom. The van der Waals surface area contributed by atoms with Gasteiger partial charge in [-0.15, -0.1) is 0 Å². The fourth-order valence-corrected chi connectivity index (χ4v) is 3.33. The van der Waals surface area contributed by atoms with Crippen molar-refractivity contribution in [1.82, 2.24) is 29.6 Å². The van der Waals surface area contributed by atoms with Crippen LogP contribution in [0.15, 0.2) is 15.7 Å². The minimum atomic E-state index is -0.614. The summed E-state index contributed by atoms with van der Waals surface area (Å²) in [6.45, 7) is 6.23. The molecule has 0 aliphatic carbocycles. The van der Waals surface area contributed by atoms with Gasteiger partial charge < -0.3 is 5.32 Å². The van der Waals surface area contributed by atoms with Crippen molar-refractivity contribution in [2.45, 2.75) is 33.6 Å². The first-order valence-corrected chi connectivity index (χ1v) is 9.14. The number of hydrogen-bond acceptors (Lipinski definition) is 5. The smallest absolute Gasteiger partial charge is 0.329 e. The van der Waals surface area contributed by atoms with Crippen LogP contribution in [0.5, 0.6) is 0 Å². The third kappa shape index (κ3) is 3.35. The van der Waals surface area contributed by atoms with Crippen molar-refractivity contribution >= 4 is 16.9 Å². The minimum Gasteiger partial charge on any atom is -0.352 e. The molecule has 9 nitrogen and oxygen atoms in total. The molecule has 148 valence electrons. The van der Waals surface area contributed by atoms with E-state index >= 15 is 0 Å². The second kappa shape index (κ2) is 7.41. The number of H-pyrrole nitrogens is 1. The standard InChI is InChI=1S/C19H24N6O3/c1-6-12-9-14(15-16(21-12)24(4)19(28)22-18(15)27)17(26)20-8-7-13-10(2)23-25(5)11(13)3/h9H,6-8H2,1-5H3,(H,20,26)(H,22,27,28). The highest BCUT2D eigenvalue weighted by Gasteiger charge is 2.18. The van der Waals surface area contributed by atoms with Gasteiger partial charge in [0.25, 0.3) is 11.5 Å².